The zero-order valence-corrected chi connectivity index (χ0v) is 21.3. The summed E-state index contributed by atoms with van der Waals surface area (Å²) in [6.07, 6.45) is 0. The lowest BCUT2D eigenvalue weighted by atomic mass is 9.94. The third-order valence-electron chi connectivity index (χ3n) is 6.31. The Morgan fingerprint density at radius 2 is 1.78 bits per heavy atom. The molecule has 1 atom stereocenters. The molecule has 2 aliphatic rings. The first-order chi connectivity index (χ1) is 17.8. The Balaban J connectivity index is 1.70. The number of carbonyl (C=O) groups excluding carboxylic acids is 2. The van der Waals surface area contributed by atoms with Gasteiger partial charge in [-0.1, -0.05) is 23.7 Å². The van der Waals surface area contributed by atoms with Gasteiger partial charge in [0.2, 0.25) is 6.79 Å². The summed E-state index contributed by atoms with van der Waals surface area (Å²) in [7, 11) is 3.84. The van der Waals surface area contributed by atoms with Gasteiger partial charge >= 0.3 is 0 Å². The van der Waals surface area contributed by atoms with Crippen LogP contribution in [0.3, 0.4) is 0 Å². The average Bonchev–Trinajstić information content (AvgIpc) is 3.46. The van der Waals surface area contributed by atoms with Gasteiger partial charge in [-0.2, -0.15) is 0 Å². The smallest absolute Gasteiger partial charge is 0.300 e. The predicted octanol–water partition coefficient (Wildman–Crippen LogP) is 5.16. The zero-order chi connectivity index (χ0) is 26.3. The first-order valence-corrected chi connectivity index (χ1v) is 12.1. The fourth-order valence-electron chi connectivity index (χ4n) is 4.49. The molecule has 2 heterocycles. The van der Waals surface area contributed by atoms with Gasteiger partial charge in [-0.15, -0.1) is 0 Å². The number of hydrogen-bond donors (Lipinski definition) is 1. The van der Waals surface area contributed by atoms with E-state index in [1.165, 1.54) is 4.90 Å². The molecule has 9 heteroatoms. The third-order valence-corrected chi connectivity index (χ3v) is 6.64. The average molecular weight is 521 g/mol. The number of anilines is 2. The van der Waals surface area contributed by atoms with Gasteiger partial charge in [-0.25, -0.2) is 0 Å². The third kappa shape index (κ3) is 4.34. The van der Waals surface area contributed by atoms with Crippen molar-refractivity contribution in [1.29, 1.82) is 0 Å². The van der Waals surface area contributed by atoms with Crippen LogP contribution in [-0.2, 0) is 9.59 Å². The van der Waals surface area contributed by atoms with Gasteiger partial charge in [0.25, 0.3) is 11.7 Å². The normalized spacial score (nSPS) is 17.8. The number of nitrogens with zero attached hydrogens (tertiary/aromatic N) is 2. The summed E-state index contributed by atoms with van der Waals surface area (Å²) >= 11 is 6.42. The second-order valence-electron chi connectivity index (χ2n) is 8.77. The molecule has 0 aliphatic carbocycles. The fourth-order valence-corrected chi connectivity index (χ4v) is 4.70. The summed E-state index contributed by atoms with van der Waals surface area (Å²) in [5, 5.41) is 11.7. The lowest BCUT2D eigenvalue weighted by molar-refractivity contribution is -0.132. The van der Waals surface area contributed by atoms with E-state index >= 15 is 0 Å². The highest BCUT2D eigenvalue weighted by Crippen LogP contribution is 2.45. The second-order valence-corrected chi connectivity index (χ2v) is 9.17. The summed E-state index contributed by atoms with van der Waals surface area (Å²) < 4.78 is 16.5. The summed E-state index contributed by atoms with van der Waals surface area (Å²) in [6.45, 7) is 2.32. The quantitative estimate of drug-likeness (QED) is 0.273. The van der Waals surface area contributed by atoms with Crippen molar-refractivity contribution in [2.45, 2.75) is 13.0 Å². The van der Waals surface area contributed by atoms with Crippen LogP contribution in [0, 0.1) is 0 Å². The summed E-state index contributed by atoms with van der Waals surface area (Å²) in [6, 6.07) is 16.3. The van der Waals surface area contributed by atoms with Crippen LogP contribution in [0.4, 0.5) is 11.4 Å². The molecule has 5 rings (SSSR count). The number of ether oxygens (including phenoxy) is 3. The molecule has 0 aromatic heterocycles. The van der Waals surface area contributed by atoms with Crippen LogP contribution < -0.4 is 24.0 Å². The van der Waals surface area contributed by atoms with Gasteiger partial charge < -0.3 is 24.2 Å². The van der Waals surface area contributed by atoms with E-state index in [0.717, 1.165) is 5.69 Å². The summed E-state index contributed by atoms with van der Waals surface area (Å²) in [5.41, 5.74) is 2.14. The maximum atomic E-state index is 13.5. The van der Waals surface area contributed by atoms with Crippen molar-refractivity contribution in [3.8, 4) is 17.2 Å². The van der Waals surface area contributed by atoms with Crippen LogP contribution in [0.2, 0.25) is 5.02 Å². The van der Waals surface area contributed by atoms with Crippen LogP contribution in [0.25, 0.3) is 5.76 Å². The molecule has 190 valence electrons. The Bertz CT molecular complexity index is 1420. The van der Waals surface area contributed by atoms with E-state index in [1.807, 2.05) is 50.2 Å². The van der Waals surface area contributed by atoms with Crippen molar-refractivity contribution < 1.29 is 28.9 Å². The highest BCUT2D eigenvalue weighted by atomic mass is 35.5. The number of Topliss-reactive ketones (excluding diaryl/α,β-unsaturated/α-hetero) is 1. The minimum atomic E-state index is -0.914. The molecule has 0 radical (unpaired) electrons. The lowest BCUT2D eigenvalue weighted by Gasteiger charge is -2.26. The van der Waals surface area contributed by atoms with Crippen LogP contribution in [0.5, 0.6) is 17.2 Å². The number of ketones is 1. The van der Waals surface area contributed by atoms with Gasteiger partial charge in [0, 0.05) is 37.1 Å². The number of halogens is 1. The van der Waals surface area contributed by atoms with Crippen molar-refractivity contribution >= 4 is 40.4 Å². The minimum absolute atomic E-state index is 0.0711. The Morgan fingerprint density at radius 3 is 2.49 bits per heavy atom. The van der Waals surface area contributed by atoms with E-state index in [1.54, 1.807) is 36.4 Å². The molecule has 1 fully saturated rings. The molecule has 1 N–H and O–H groups in total. The zero-order valence-electron chi connectivity index (χ0n) is 20.5. The number of amides is 1. The lowest BCUT2D eigenvalue weighted by Crippen LogP contribution is -2.29. The maximum absolute atomic E-state index is 13.5. The van der Waals surface area contributed by atoms with E-state index in [-0.39, 0.29) is 28.7 Å². The molecule has 2 aliphatic heterocycles. The van der Waals surface area contributed by atoms with E-state index in [9.17, 15) is 14.7 Å². The van der Waals surface area contributed by atoms with Crippen molar-refractivity contribution in [3.63, 3.8) is 0 Å². The Kier molecular flexibility index (Phi) is 6.43. The molecule has 1 amide bonds. The molecule has 1 unspecified atom stereocenters. The van der Waals surface area contributed by atoms with Gasteiger partial charge in [0.05, 0.1) is 23.2 Å². The summed E-state index contributed by atoms with van der Waals surface area (Å²) in [5.74, 6) is -0.491. The Hall–Kier alpha value is -4.17. The first-order valence-electron chi connectivity index (χ1n) is 11.7. The molecule has 1 saturated heterocycles. The van der Waals surface area contributed by atoms with Crippen LogP contribution >= 0.6 is 11.6 Å². The Morgan fingerprint density at radius 1 is 1.05 bits per heavy atom. The van der Waals surface area contributed by atoms with E-state index in [0.29, 0.717) is 35.1 Å². The fraction of sp³-hybridized carbons (Fsp3) is 0.214. The predicted molar refractivity (Wildman–Crippen MR) is 141 cm³/mol. The monoisotopic (exact) mass is 520 g/mol. The number of fused-ring (bicyclic) bond motifs is 1. The number of benzene rings is 3. The molecule has 0 saturated carbocycles. The summed E-state index contributed by atoms with van der Waals surface area (Å²) in [4.78, 5) is 30.2. The van der Waals surface area contributed by atoms with Crippen molar-refractivity contribution in [2.24, 2.45) is 0 Å². The van der Waals surface area contributed by atoms with Gasteiger partial charge in [-0.3, -0.25) is 14.5 Å². The standard InChI is InChI=1S/C28H25ClN2O6/c1-4-35-19-10-11-21(29)20(14-19)26(32)24-25(16-5-7-17(8-6-16)30(2)3)31(28(34)27(24)33)18-9-12-22-23(13-18)37-15-36-22/h5-14,25,32H,4,15H2,1-3H3/b26-24+. The van der Waals surface area contributed by atoms with E-state index in [2.05, 4.69) is 0 Å². The van der Waals surface area contributed by atoms with Crippen molar-refractivity contribution in [2.75, 3.05) is 37.3 Å². The molecule has 3 aromatic carbocycles. The first kappa shape index (κ1) is 24.5. The van der Waals surface area contributed by atoms with Gasteiger partial charge in [0.15, 0.2) is 11.5 Å². The highest BCUT2D eigenvalue weighted by molar-refractivity contribution is 6.52. The molecule has 37 heavy (non-hydrogen) atoms. The van der Waals surface area contributed by atoms with E-state index in [4.69, 9.17) is 25.8 Å². The van der Waals surface area contributed by atoms with Crippen LogP contribution in [-0.4, -0.2) is 44.3 Å². The highest BCUT2D eigenvalue weighted by Gasteiger charge is 2.47. The number of carbonyl (C=O) groups is 2. The van der Waals surface area contributed by atoms with Crippen molar-refractivity contribution in [3.05, 3.63) is 82.4 Å². The number of aliphatic hydroxyl groups is 1. The van der Waals surface area contributed by atoms with Crippen LogP contribution in [0.15, 0.2) is 66.2 Å². The second kappa shape index (κ2) is 9.71. The largest absolute Gasteiger partial charge is 0.507 e. The van der Waals surface area contributed by atoms with Crippen LogP contribution in [0.1, 0.15) is 24.1 Å². The molecule has 0 spiro atoms. The molecule has 0 bridgehead atoms. The molecular formula is C28H25ClN2O6. The number of rotatable bonds is 6. The van der Waals surface area contributed by atoms with Crippen molar-refractivity contribution in [1.82, 2.24) is 0 Å². The molecule has 3 aromatic rings. The molecular weight excluding hydrogens is 496 g/mol. The SMILES string of the molecule is CCOc1ccc(Cl)c(/C(O)=C2\C(=O)C(=O)N(c3ccc4c(c3)OCO4)C2c2ccc(N(C)C)cc2)c1. The van der Waals surface area contributed by atoms with Gasteiger partial charge in [-0.05, 0) is 55.0 Å². The topological polar surface area (TPSA) is 88.5 Å². The number of hydrogen-bond acceptors (Lipinski definition) is 7. The minimum Gasteiger partial charge on any atom is -0.507 e. The van der Waals surface area contributed by atoms with Gasteiger partial charge in [0.1, 0.15) is 11.5 Å². The maximum Gasteiger partial charge on any atom is 0.300 e. The van der Waals surface area contributed by atoms with E-state index < -0.39 is 17.7 Å². The molecule has 8 nitrogen and oxygen atoms in total. The number of aliphatic hydroxyl groups excluding tert-OH is 1. The Labute approximate surface area is 219 Å².